The fourth-order valence-corrected chi connectivity index (χ4v) is 4.04. The molecule has 0 radical (unpaired) electrons. The molecule has 2 heterocycles. The molecular weight excluding hydrogens is 382 g/mol. The van der Waals surface area contributed by atoms with E-state index in [4.69, 9.17) is 11.6 Å². The number of rotatable bonds is 4. The number of carbonyl (C=O) groups is 3. The number of halogens is 1. The summed E-state index contributed by atoms with van der Waals surface area (Å²) in [5.74, 6) is -0.794. The first-order valence-corrected chi connectivity index (χ1v) is 9.60. The van der Waals surface area contributed by atoms with E-state index in [2.05, 4.69) is 15.7 Å². The molecule has 2 aromatic rings. The number of nitrogens with zero attached hydrogens (tertiary/aromatic N) is 3. The Morgan fingerprint density at radius 3 is 2.75 bits per heavy atom. The second-order valence-electron chi connectivity index (χ2n) is 7.12. The summed E-state index contributed by atoms with van der Waals surface area (Å²) in [7, 11) is 0. The fraction of sp³-hybridized carbons (Fsp3) is 0.368. The summed E-state index contributed by atoms with van der Waals surface area (Å²) in [5.41, 5.74) is 0.232. The lowest BCUT2D eigenvalue weighted by molar-refractivity contribution is -0.134. The van der Waals surface area contributed by atoms with Gasteiger partial charge in [0, 0.05) is 17.4 Å². The average Bonchev–Trinajstić information content (AvgIpc) is 3.27. The Bertz CT molecular complexity index is 922. The Hall–Kier alpha value is -2.87. The van der Waals surface area contributed by atoms with E-state index in [9.17, 15) is 14.4 Å². The van der Waals surface area contributed by atoms with Gasteiger partial charge < -0.3 is 10.6 Å². The van der Waals surface area contributed by atoms with Crippen LogP contribution in [0.1, 0.15) is 32.1 Å². The van der Waals surface area contributed by atoms with E-state index in [1.54, 1.807) is 41.3 Å². The summed E-state index contributed by atoms with van der Waals surface area (Å²) in [4.78, 5) is 38.8. The van der Waals surface area contributed by atoms with Crippen LogP contribution in [-0.4, -0.2) is 44.6 Å². The van der Waals surface area contributed by atoms with Crippen LogP contribution < -0.4 is 10.6 Å². The summed E-state index contributed by atoms with van der Waals surface area (Å²) < 4.78 is 1.59. The van der Waals surface area contributed by atoms with E-state index in [1.165, 1.54) is 0 Å². The van der Waals surface area contributed by atoms with Gasteiger partial charge in [0.05, 0.1) is 11.4 Å². The standard InChI is InChI=1S/C19H20ClN5O3/c20-13-5-6-15(25-10-4-9-21-25)14(11-13)22-16(26)12-24-17(27)19(23-18(24)28)7-2-1-3-8-19/h4-6,9-11H,1-3,7-8,12H2,(H,22,26)(H,23,28). The number of nitrogens with one attached hydrogen (secondary N) is 2. The van der Waals surface area contributed by atoms with E-state index >= 15 is 0 Å². The van der Waals surface area contributed by atoms with Crippen LogP contribution in [0.4, 0.5) is 10.5 Å². The van der Waals surface area contributed by atoms with Gasteiger partial charge in [-0.2, -0.15) is 5.10 Å². The summed E-state index contributed by atoms with van der Waals surface area (Å²) in [6.45, 7) is -0.350. The number of anilines is 1. The van der Waals surface area contributed by atoms with Gasteiger partial charge in [-0.1, -0.05) is 30.9 Å². The smallest absolute Gasteiger partial charge is 0.323 e. The highest BCUT2D eigenvalue weighted by atomic mass is 35.5. The number of imide groups is 1. The van der Waals surface area contributed by atoms with Crippen LogP contribution in [0.3, 0.4) is 0 Å². The third-order valence-corrected chi connectivity index (χ3v) is 5.47. The minimum Gasteiger partial charge on any atom is -0.323 e. The molecule has 1 saturated carbocycles. The number of carbonyl (C=O) groups excluding carboxylic acids is 3. The molecule has 1 aliphatic carbocycles. The number of aromatic nitrogens is 2. The normalized spacial score (nSPS) is 18.4. The number of amides is 4. The van der Waals surface area contributed by atoms with E-state index < -0.39 is 17.5 Å². The van der Waals surface area contributed by atoms with Crippen LogP contribution >= 0.6 is 11.6 Å². The number of urea groups is 1. The van der Waals surface area contributed by atoms with Gasteiger partial charge >= 0.3 is 6.03 Å². The summed E-state index contributed by atoms with van der Waals surface area (Å²) in [5, 5.41) is 10.2. The molecule has 1 aliphatic heterocycles. The van der Waals surface area contributed by atoms with Crippen molar-refractivity contribution in [3.63, 3.8) is 0 Å². The lowest BCUT2D eigenvalue weighted by Gasteiger charge is -2.30. The molecule has 2 aliphatic rings. The van der Waals surface area contributed by atoms with Crippen molar-refractivity contribution in [3.05, 3.63) is 41.7 Å². The summed E-state index contributed by atoms with van der Waals surface area (Å²) >= 11 is 6.07. The molecule has 4 amide bonds. The molecule has 1 saturated heterocycles. The molecule has 9 heteroatoms. The Morgan fingerprint density at radius 2 is 2.04 bits per heavy atom. The van der Waals surface area contributed by atoms with E-state index in [0.29, 0.717) is 29.2 Å². The van der Waals surface area contributed by atoms with Crippen LogP contribution in [0.25, 0.3) is 5.69 Å². The topological polar surface area (TPSA) is 96.3 Å². The molecule has 146 valence electrons. The summed E-state index contributed by atoms with van der Waals surface area (Å²) in [6.07, 6.45) is 7.43. The van der Waals surface area contributed by atoms with Crippen LogP contribution in [0.5, 0.6) is 0 Å². The van der Waals surface area contributed by atoms with E-state index in [1.807, 2.05) is 0 Å². The maximum absolute atomic E-state index is 12.8. The predicted octanol–water partition coefficient (Wildman–Crippen LogP) is 2.72. The first-order chi connectivity index (χ1) is 13.5. The molecule has 2 fully saturated rings. The van der Waals surface area contributed by atoms with E-state index in [0.717, 1.165) is 24.2 Å². The van der Waals surface area contributed by atoms with Gasteiger partial charge in [0.2, 0.25) is 5.91 Å². The first-order valence-electron chi connectivity index (χ1n) is 9.22. The van der Waals surface area contributed by atoms with Crippen molar-refractivity contribution < 1.29 is 14.4 Å². The maximum atomic E-state index is 12.8. The molecule has 28 heavy (non-hydrogen) atoms. The first kappa shape index (κ1) is 18.5. The molecule has 4 rings (SSSR count). The predicted molar refractivity (Wildman–Crippen MR) is 103 cm³/mol. The molecular formula is C19H20ClN5O3. The van der Waals surface area contributed by atoms with Gasteiger partial charge in [-0.25, -0.2) is 9.48 Å². The fourth-order valence-electron chi connectivity index (χ4n) is 3.87. The van der Waals surface area contributed by atoms with Gasteiger partial charge in [0.1, 0.15) is 12.1 Å². The number of benzene rings is 1. The SMILES string of the molecule is O=C(CN1C(=O)NC2(CCCCC2)C1=O)Nc1cc(Cl)ccc1-n1cccn1. The molecule has 2 N–H and O–H groups in total. The maximum Gasteiger partial charge on any atom is 0.325 e. The second kappa shape index (κ2) is 7.27. The Morgan fingerprint density at radius 1 is 1.25 bits per heavy atom. The molecule has 1 aromatic heterocycles. The van der Waals surface area contributed by atoms with Crippen molar-refractivity contribution in [2.75, 3.05) is 11.9 Å². The van der Waals surface area contributed by atoms with Crippen LogP contribution in [0.2, 0.25) is 5.02 Å². The van der Waals surface area contributed by atoms with Gasteiger partial charge in [0.15, 0.2) is 0 Å². The zero-order valence-electron chi connectivity index (χ0n) is 15.2. The summed E-state index contributed by atoms with van der Waals surface area (Å²) in [6, 6.07) is 6.27. The van der Waals surface area contributed by atoms with Gasteiger partial charge in [-0.05, 0) is 37.1 Å². The third-order valence-electron chi connectivity index (χ3n) is 5.24. The van der Waals surface area contributed by atoms with Crippen molar-refractivity contribution in [1.82, 2.24) is 20.0 Å². The lowest BCUT2D eigenvalue weighted by Crippen LogP contribution is -2.48. The van der Waals surface area contributed by atoms with Crippen molar-refractivity contribution in [1.29, 1.82) is 0 Å². The zero-order valence-corrected chi connectivity index (χ0v) is 15.9. The average molecular weight is 402 g/mol. The van der Waals surface area contributed by atoms with Crippen molar-refractivity contribution in [3.8, 4) is 5.69 Å². The number of hydrogen-bond donors (Lipinski definition) is 2. The van der Waals surface area contributed by atoms with Crippen molar-refractivity contribution >= 4 is 35.1 Å². The van der Waals surface area contributed by atoms with Crippen molar-refractivity contribution in [2.24, 2.45) is 0 Å². The zero-order chi connectivity index (χ0) is 19.7. The Balaban J connectivity index is 1.50. The third kappa shape index (κ3) is 3.35. The number of hydrogen-bond acceptors (Lipinski definition) is 4. The van der Waals surface area contributed by atoms with Crippen LogP contribution in [0, 0.1) is 0 Å². The molecule has 0 unspecified atom stereocenters. The Kier molecular flexibility index (Phi) is 4.80. The Labute approximate surface area is 166 Å². The van der Waals surface area contributed by atoms with Crippen LogP contribution in [0.15, 0.2) is 36.7 Å². The highest BCUT2D eigenvalue weighted by Crippen LogP contribution is 2.33. The monoisotopic (exact) mass is 401 g/mol. The van der Waals surface area contributed by atoms with Crippen molar-refractivity contribution in [2.45, 2.75) is 37.6 Å². The molecule has 1 aromatic carbocycles. The van der Waals surface area contributed by atoms with E-state index in [-0.39, 0.29) is 12.5 Å². The second-order valence-corrected chi connectivity index (χ2v) is 7.56. The molecule has 1 spiro atoms. The largest absolute Gasteiger partial charge is 0.325 e. The highest BCUT2D eigenvalue weighted by Gasteiger charge is 2.51. The minimum absolute atomic E-state index is 0.314. The van der Waals surface area contributed by atoms with Gasteiger partial charge in [-0.15, -0.1) is 0 Å². The molecule has 8 nitrogen and oxygen atoms in total. The molecule has 0 bridgehead atoms. The lowest BCUT2D eigenvalue weighted by atomic mass is 9.82. The highest BCUT2D eigenvalue weighted by molar-refractivity contribution is 6.31. The van der Waals surface area contributed by atoms with Gasteiger partial charge in [-0.3, -0.25) is 14.5 Å². The molecule has 0 atom stereocenters. The quantitative estimate of drug-likeness (QED) is 0.770. The van der Waals surface area contributed by atoms with Crippen LogP contribution in [-0.2, 0) is 9.59 Å². The van der Waals surface area contributed by atoms with Gasteiger partial charge in [0.25, 0.3) is 5.91 Å². The minimum atomic E-state index is -0.841.